The first-order valence-electron chi connectivity index (χ1n) is 8.19. The molecule has 26 heavy (non-hydrogen) atoms. The van der Waals surface area contributed by atoms with Gasteiger partial charge in [-0.2, -0.15) is 0 Å². The first kappa shape index (κ1) is 18.8. The van der Waals surface area contributed by atoms with Gasteiger partial charge < -0.3 is 14.0 Å². The summed E-state index contributed by atoms with van der Waals surface area (Å²) >= 11 is 5.25. The Kier molecular flexibility index (Phi) is 6.21. The summed E-state index contributed by atoms with van der Waals surface area (Å²) < 4.78 is 13.9. The van der Waals surface area contributed by atoms with Crippen LogP contribution in [-0.4, -0.2) is 29.0 Å². The topological polar surface area (TPSA) is 49.2 Å². The molecule has 7 heteroatoms. The van der Waals surface area contributed by atoms with Crippen LogP contribution in [0.2, 0.25) is 0 Å². The first-order chi connectivity index (χ1) is 12.7. The van der Waals surface area contributed by atoms with E-state index in [-0.39, 0.29) is 0 Å². The Bertz CT molecular complexity index is 898. The van der Waals surface area contributed by atoms with Crippen molar-refractivity contribution in [2.45, 2.75) is 24.4 Å². The lowest BCUT2D eigenvalue weighted by atomic mass is 10.2. The number of nitrogens with zero attached hydrogens (tertiary/aromatic N) is 3. The van der Waals surface area contributed by atoms with Gasteiger partial charge in [-0.15, -0.1) is 10.2 Å². The van der Waals surface area contributed by atoms with Gasteiger partial charge in [0, 0.05) is 16.8 Å². The molecule has 0 bridgehead atoms. The van der Waals surface area contributed by atoms with Crippen molar-refractivity contribution in [1.29, 1.82) is 0 Å². The van der Waals surface area contributed by atoms with Gasteiger partial charge >= 0.3 is 0 Å². The average Bonchev–Trinajstić information content (AvgIpc) is 3.10. The van der Waals surface area contributed by atoms with Crippen LogP contribution in [0.15, 0.2) is 52.1 Å². The SMILES string of the molecule is CCn1c(SCc2cc(OC)ccc2Br)nnc1-c1ccccc1OC. The minimum absolute atomic E-state index is 0.766. The molecule has 5 nitrogen and oxygen atoms in total. The summed E-state index contributed by atoms with van der Waals surface area (Å²) in [6, 6.07) is 13.8. The van der Waals surface area contributed by atoms with Crippen LogP contribution in [-0.2, 0) is 12.3 Å². The number of hydrogen-bond acceptors (Lipinski definition) is 5. The van der Waals surface area contributed by atoms with Gasteiger partial charge in [0.2, 0.25) is 0 Å². The third kappa shape index (κ3) is 3.88. The lowest BCUT2D eigenvalue weighted by Gasteiger charge is -2.11. The number of benzene rings is 2. The Labute approximate surface area is 165 Å². The second-order valence-electron chi connectivity index (χ2n) is 5.50. The fourth-order valence-corrected chi connectivity index (χ4v) is 4.21. The van der Waals surface area contributed by atoms with Crippen LogP contribution in [0.3, 0.4) is 0 Å². The van der Waals surface area contributed by atoms with Gasteiger partial charge in [-0.3, -0.25) is 0 Å². The highest BCUT2D eigenvalue weighted by Gasteiger charge is 2.16. The third-order valence-corrected chi connectivity index (χ3v) is 5.78. The maximum Gasteiger partial charge on any atom is 0.191 e. The number of halogens is 1. The summed E-state index contributed by atoms with van der Waals surface area (Å²) in [5, 5.41) is 9.69. The van der Waals surface area contributed by atoms with E-state index < -0.39 is 0 Å². The van der Waals surface area contributed by atoms with Gasteiger partial charge in [-0.05, 0) is 42.8 Å². The molecule has 0 saturated carbocycles. The zero-order valence-electron chi connectivity index (χ0n) is 14.9. The van der Waals surface area contributed by atoms with Crippen LogP contribution < -0.4 is 9.47 Å². The van der Waals surface area contributed by atoms with Gasteiger partial charge in [-0.25, -0.2) is 0 Å². The van der Waals surface area contributed by atoms with E-state index in [9.17, 15) is 0 Å². The molecule has 0 aliphatic carbocycles. The summed E-state index contributed by atoms with van der Waals surface area (Å²) in [4.78, 5) is 0. The van der Waals surface area contributed by atoms with E-state index in [1.807, 2.05) is 42.5 Å². The number of methoxy groups -OCH3 is 2. The molecule has 1 aromatic heterocycles. The Morgan fingerprint density at radius 3 is 2.62 bits per heavy atom. The molecule has 0 amide bonds. The number of rotatable bonds is 7. The molecule has 1 heterocycles. The van der Waals surface area contributed by atoms with Crippen LogP contribution >= 0.6 is 27.7 Å². The van der Waals surface area contributed by atoms with Crippen molar-refractivity contribution in [2.24, 2.45) is 0 Å². The standard InChI is InChI=1S/C19H20BrN3O2S/c1-4-23-18(15-7-5-6-8-17(15)25-3)21-22-19(23)26-12-13-11-14(24-2)9-10-16(13)20/h5-11H,4,12H2,1-3H3. The molecule has 0 aliphatic heterocycles. The molecule has 0 atom stereocenters. The predicted molar refractivity (Wildman–Crippen MR) is 108 cm³/mol. The quantitative estimate of drug-likeness (QED) is 0.488. The molecule has 0 aliphatic rings. The third-order valence-electron chi connectivity index (χ3n) is 3.99. The Hall–Kier alpha value is -1.99. The molecule has 2 aromatic carbocycles. The minimum Gasteiger partial charge on any atom is -0.497 e. The highest BCUT2D eigenvalue weighted by molar-refractivity contribution is 9.10. The highest BCUT2D eigenvalue weighted by atomic mass is 79.9. The summed E-state index contributed by atoms with van der Waals surface area (Å²) in [6.07, 6.45) is 0. The van der Waals surface area contributed by atoms with Crippen molar-refractivity contribution in [3.05, 3.63) is 52.5 Å². The highest BCUT2D eigenvalue weighted by Crippen LogP contribution is 2.33. The minimum atomic E-state index is 0.766. The van der Waals surface area contributed by atoms with E-state index in [4.69, 9.17) is 9.47 Å². The summed E-state index contributed by atoms with van der Waals surface area (Å²) in [5.41, 5.74) is 2.10. The second kappa shape index (κ2) is 8.60. The van der Waals surface area contributed by atoms with E-state index in [0.717, 1.165) is 50.4 Å². The van der Waals surface area contributed by atoms with E-state index in [2.05, 4.69) is 37.6 Å². The molecule has 0 radical (unpaired) electrons. The molecule has 3 rings (SSSR count). The van der Waals surface area contributed by atoms with Crippen molar-refractivity contribution >= 4 is 27.7 Å². The van der Waals surface area contributed by atoms with Crippen molar-refractivity contribution < 1.29 is 9.47 Å². The zero-order valence-corrected chi connectivity index (χ0v) is 17.3. The maximum absolute atomic E-state index is 5.47. The van der Waals surface area contributed by atoms with Crippen molar-refractivity contribution in [3.63, 3.8) is 0 Å². The normalized spacial score (nSPS) is 10.8. The van der Waals surface area contributed by atoms with E-state index in [1.54, 1.807) is 26.0 Å². The summed E-state index contributed by atoms with van der Waals surface area (Å²) in [5.74, 6) is 3.22. The molecule has 136 valence electrons. The largest absolute Gasteiger partial charge is 0.497 e. The lowest BCUT2D eigenvalue weighted by molar-refractivity contribution is 0.414. The Balaban J connectivity index is 1.87. The fourth-order valence-electron chi connectivity index (χ4n) is 2.64. The molecule has 0 unspecified atom stereocenters. The molecule has 0 fully saturated rings. The van der Waals surface area contributed by atoms with E-state index >= 15 is 0 Å². The molecular weight excluding hydrogens is 414 g/mol. The van der Waals surface area contributed by atoms with Crippen molar-refractivity contribution in [1.82, 2.24) is 14.8 Å². The molecule has 0 saturated heterocycles. The molecule has 0 spiro atoms. The van der Waals surface area contributed by atoms with Crippen LogP contribution in [0.25, 0.3) is 11.4 Å². The van der Waals surface area contributed by atoms with Crippen molar-refractivity contribution in [3.8, 4) is 22.9 Å². The van der Waals surface area contributed by atoms with Gasteiger partial charge in [0.25, 0.3) is 0 Å². The van der Waals surface area contributed by atoms with Crippen LogP contribution in [0, 0.1) is 0 Å². The Morgan fingerprint density at radius 2 is 1.88 bits per heavy atom. The summed E-state index contributed by atoms with van der Waals surface area (Å²) in [7, 11) is 3.34. The number of ether oxygens (including phenoxy) is 2. The zero-order chi connectivity index (χ0) is 18.5. The monoisotopic (exact) mass is 433 g/mol. The van der Waals surface area contributed by atoms with Crippen LogP contribution in [0.5, 0.6) is 11.5 Å². The summed E-state index contributed by atoms with van der Waals surface area (Å²) in [6.45, 7) is 2.87. The van der Waals surface area contributed by atoms with Gasteiger partial charge in [-0.1, -0.05) is 39.8 Å². The lowest BCUT2D eigenvalue weighted by Crippen LogP contribution is -2.01. The smallest absolute Gasteiger partial charge is 0.191 e. The number of para-hydroxylation sites is 1. The van der Waals surface area contributed by atoms with Gasteiger partial charge in [0.05, 0.1) is 19.8 Å². The molecule has 0 N–H and O–H groups in total. The molecule has 3 aromatic rings. The van der Waals surface area contributed by atoms with Crippen LogP contribution in [0.4, 0.5) is 0 Å². The van der Waals surface area contributed by atoms with Crippen molar-refractivity contribution in [2.75, 3.05) is 14.2 Å². The first-order valence-corrected chi connectivity index (χ1v) is 9.97. The fraction of sp³-hybridized carbons (Fsp3) is 0.263. The van der Waals surface area contributed by atoms with E-state index in [1.165, 1.54) is 0 Å². The second-order valence-corrected chi connectivity index (χ2v) is 7.29. The number of thioether (sulfide) groups is 1. The number of aromatic nitrogens is 3. The Morgan fingerprint density at radius 1 is 1.08 bits per heavy atom. The average molecular weight is 434 g/mol. The van der Waals surface area contributed by atoms with Gasteiger partial charge in [0.15, 0.2) is 11.0 Å². The predicted octanol–water partition coefficient (Wildman–Crippen LogP) is 5.04. The number of hydrogen-bond donors (Lipinski definition) is 0. The van der Waals surface area contributed by atoms with Gasteiger partial charge in [0.1, 0.15) is 11.5 Å². The van der Waals surface area contributed by atoms with E-state index in [0.29, 0.717) is 0 Å². The molecular formula is C19H20BrN3O2S. The van der Waals surface area contributed by atoms with Crippen LogP contribution in [0.1, 0.15) is 12.5 Å². The maximum atomic E-state index is 5.47.